The Kier molecular flexibility index (Phi) is 5.37. The second-order valence-electron chi connectivity index (χ2n) is 6.96. The highest BCUT2D eigenvalue weighted by Gasteiger charge is 2.29. The number of carbonyl (C=O) groups is 1. The number of anilines is 2. The summed E-state index contributed by atoms with van der Waals surface area (Å²) >= 11 is 0. The van der Waals surface area contributed by atoms with E-state index in [1.165, 1.54) is 0 Å². The van der Waals surface area contributed by atoms with Gasteiger partial charge in [-0.2, -0.15) is 0 Å². The third-order valence-corrected chi connectivity index (χ3v) is 4.77. The van der Waals surface area contributed by atoms with Crippen LogP contribution in [-0.2, 0) is 6.42 Å². The van der Waals surface area contributed by atoms with Crippen LogP contribution in [0, 0.1) is 6.92 Å². The van der Waals surface area contributed by atoms with Gasteiger partial charge in [-0.05, 0) is 49.9 Å². The number of hydrogen-bond acceptors (Lipinski definition) is 5. The van der Waals surface area contributed by atoms with Crippen LogP contribution in [-0.4, -0.2) is 16.0 Å². The maximum atomic E-state index is 13.1. The Morgan fingerprint density at radius 3 is 2.81 bits per heavy atom. The van der Waals surface area contributed by atoms with Crippen LogP contribution < -0.4 is 11.1 Å². The first-order valence-corrected chi connectivity index (χ1v) is 9.03. The fourth-order valence-corrected chi connectivity index (χ4v) is 3.17. The van der Waals surface area contributed by atoms with Gasteiger partial charge < -0.3 is 15.6 Å². The number of nitrogens with zero attached hydrogens (tertiary/aromatic N) is 2. The number of hydrogen-bond donors (Lipinski definition) is 2. The van der Waals surface area contributed by atoms with Crippen molar-refractivity contribution in [1.29, 1.82) is 0 Å². The van der Waals surface area contributed by atoms with Crippen molar-refractivity contribution in [2.24, 2.45) is 0 Å². The summed E-state index contributed by atoms with van der Waals surface area (Å²) in [7, 11) is 0. The normalized spacial score (nSPS) is 13.4. The molecule has 1 aliphatic rings. The number of nitrogens with one attached hydrogen (secondary N) is 1. The topological polar surface area (TPSA) is 94.0 Å². The molecule has 3 N–H and O–H groups in total. The average Bonchev–Trinajstić information content (AvgIpc) is 3.40. The van der Waals surface area contributed by atoms with Crippen LogP contribution in [0.3, 0.4) is 0 Å². The van der Waals surface area contributed by atoms with E-state index in [0.717, 1.165) is 48.0 Å². The molecule has 1 aromatic carbocycles. The van der Waals surface area contributed by atoms with Gasteiger partial charge in [-0.1, -0.05) is 24.6 Å². The van der Waals surface area contributed by atoms with Crippen LogP contribution in [0.5, 0.6) is 0 Å². The van der Waals surface area contributed by atoms with E-state index in [2.05, 4.69) is 22.4 Å². The van der Waals surface area contributed by atoms with Gasteiger partial charge >= 0.3 is 0 Å². The molecule has 1 amide bonds. The molecule has 4 rings (SSSR count). The summed E-state index contributed by atoms with van der Waals surface area (Å²) in [5.41, 5.74) is 10.9. The second kappa shape index (κ2) is 7.56. The lowest BCUT2D eigenvalue weighted by Crippen LogP contribution is -2.14. The number of rotatable bonds is 5. The lowest BCUT2D eigenvalue weighted by Gasteiger charge is -2.11. The zero-order valence-electron chi connectivity index (χ0n) is 15.4. The Balaban J connectivity index is 0.00000210. The fraction of sp³-hybridized carbons (Fsp3) is 0.350. The largest absolute Gasteiger partial charge is 0.399 e. The van der Waals surface area contributed by atoms with E-state index in [4.69, 9.17) is 10.3 Å². The second-order valence-corrected chi connectivity index (χ2v) is 6.96. The molecular weight excluding hydrogens is 364 g/mol. The minimum atomic E-state index is -0.187. The van der Waals surface area contributed by atoms with E-state index < -0.39 is 0 Å². The minimum absolute atomic E-state index is 0. The van der Waals surface area contributed by atoms with E-state index in [-0.39, 0.29) is 18.3 Å². The molecule has 7 heteroatoms. The Morgan fingerprint density at radius 1 is 1.33 bits per heavy atom. The van der Waals surface area contributed by atoms with Crippen LogP contribution in [0.25, 0.3) is 11.1 Å². The molecule has 142 valence electrons. The molecule has 1 saturated carbocycles. The van der Waals surface area contributed by atoms with Crippen molar-refractivity contribution in [2.45, 2.75) is 45.4 Å². The van der Waals surface area contributed by atoms with E-state index >= 15 is 0 Å². The third-order valence-electron chi connectivity index (χ3n) is 4.77. The summed E-state index contributed by atoms with van der Waals surface area (Å²) in [6, 6.07) is 7.38. The van der Waals surface area contributed by atoms with Crippen LogP contribution in [0.4, 0.5) is 11.4 Å². The number of aryl methyl sites for hydroxylation is 2. The number of fused-ring (bicyclic) bond motifs is 1. The highest BCUT2D eigenvalue weighted by Crippen LogP contribution is 2.40. The summed E-state index contributed by atoms with van der Waals surface area (Å²) in [4.78, 5) is 17.7. The van der Waals surface area contributed by atoms with Gasteiger partial charge in [-0.15, -0.1) is 12.4 Å². The molecule has 27 heavy (non-hydrogen) atoms. The van der Waals surface area contributed by atoms with Crippen molar-refractivity contribution in [2.75, 3.05) is 11.1 Å². The van der Waals surface area contributed by atoms with Crippen molar-refractivity contribution in [3.8, 4) is 0 Å². The highest BCUT2D eigenvalue weighted by molar-refractivity contribution is 6.12. The molecule has 0 saturated heterocycles. The maximum Gasteiger partial charge on any atom is 0.259 e. The number of benzene rings is 1. The number of amides is 1. The predicted molar refractivity (Wildman–Crippen MR) is 109 cm³/mol. The Labute approximate surface area is 163 Å². The summed E-state index contributed by atoms with van der Waals surface area (Å²) in [6.45, 7) is 4.01. The van der Waals surface area contributed by atoms with Crippen molar-refractivity contribution >= 4 is 40.8 Å². The standard InChI is InChI=1S/C20H22N4O2.ClH/c1-3-4-15-18-14(10-17(12-6-7-12)23-20(18)26-24-15)19(25)22-16-9-13(21)8-5-11(16)2;/h5,8-10,12H,3-4,6-7,21H2,1-2H3,(H,22,25);1H. The SMILES string of the molecule is CCCc1noc2nc(C3CC3)cc(C(=O)Nc3cc(N)ccc3C)c12.Cl. The summed E-state index contributed by atoms with van der Waals surface area (Å²) in [5, 5.41) is 7.86. The Morgan fingerprint density at radius 2 is 2.11 bits per heavy atom. The van der Waals surface area contributed by atoms with E-state index in [1.54, 1.807) is 6.07 Å². The molecule has 2 heterocycles. The lowest BCUT2D eigenvalue weighted by atomic mass is 10.0. The minimum Gasteiger partial charge on any atom is -0.399 e. The number of pyridine rings is 1. The molecule has 3 aromatic rings. The van der Waals surface area contributed by atoms with Gasteiger partial charge in [0.2, 0.25) is 0 Å². The van der Waals surface area contributed by atoms with Gasteiger partial charge in [0.05, 0.1) is 16.6 Å². The van der Waals surface area contributed by atoms with Crippen LogP contribution in [0.1, 0.15) is 59.4 Å². The number of halogens is 1. The quantitative estimate of drug-likeness (QED) is 0.624. The van der Waals surface area contributed by atoms with Crippen LogP contribution in [0.2, 0.25) is 0 Å². The third kappa shape index (κ3) is 3.76. The van der Waals surface area contributed by atoms with Crippen LogP contribution in [0.15, 0.2) is 28.8 Å². The number of carbonyl (C=O) groups excluding carboxylic acids is 1. The van der Waals surface area contributed by atoms with E-state index in [0.29, 0.717) is 28.6 Å². The molecule has 0 aliphatic heterocycles. The van der Waals surface area contributed by atoms with Crippen molar-refractivity contribution in [3.05, 3.63) is 46.8 Å². The Hall–Kier alpha value is -2.60. The molecule has 0 spiro atoms. The molecular formula is C20H23ClN4O2. The summed E-state index contributed by atoms with van der Waals surface area (Å²) in [5.74, 6) is 0.230. The zero-order valence-corrected chi connectivity index (χ0v) is 16.2. The molecule has 6 nitrogen and oxygen atoms in total. The Bertz CT molecular complexity index is 995. The van der Waals surface area contributed by atoms with Gasteiger partial charge in [0.15, 0.2) is 0 Å². The molecule has 1 fully saturated rings. The molecule has 0 bridgehead atoms. The molecule has 0 unspecified atom stereocenters. The van der Waals surface area contributed by atoms with E-state index in [1.807, 2.05) is 25.1 Å². The predicted octanol–water partition coefficient (Wildman–Crippen LogP) is 4.62. The van der Waals surface area contributed by atoms with Gasteiger partial charge in [0, 0.05) is 23.0 Å². The van der Waals surface area contributed by atoms with Crippen molar-refractivity contribution < 1.29 is 9.32 Å². The monoisotopic (exact) mass is 386 g/mol. The highest BCUT2D eigenvalue weighted by atomic mass is 35.5. The first kappa shape index (κ1) is 19.2. The van der Waals surface area contributed by atoms with Gasteiger partial charge in [0.1, 0.15) is 0 Å². The van der Waals surface area contributed by atoms with Gasteiger partial charge in [0.25, 0.3) is 11.6 Å². The molecule has 2 aromatic heterocycles. The number of nitrogen functional groups attached to an aromatic ring is 1. The smallest absolute Gasteiger partial charge is 0.259 e. The van der Waals surface area contributed by atoms with Gasteiger partial charge in [-0.25, -0.2) is 4.98 Å². The summed E-state index contributed by atoms with van der Waals surface area (Å²) < 4.78 is 5.44. The first-order valence-electron chi connectivity index (χ1n) is 9.03. The number of nitrogens with two attached hydrogens (primary N) is 1. The fourth-order valence-electron chi connectivity index (χ4n) is 3.17. The maximum absolute atomic E-state index is 13.1. The number of aromatic nitrogens is 2. The molecule has 1 aliphatic carbocycles. The zero-order chi connectivity index (χ0) is 18.3. The summed E-state index contributed by atoms with van der Waals surface area (Å²) in [6.07, 6.45) is 3.87. The molecule has 0 atom stereocenters. The van der Waals surface area contributed by atoms with E-state index in [9.17, 15) is 4.79 Å². The first-order chi connectivity index (χ1) is 12.6. The van der Waals surface area contributed by atoms with Crippen molar-refractivity contribution in [1.82, 2.24) is 10.1 Å². The lowest BCUT2D eigenvalue weighted by molar-refractivity contribution is 0.102. The van der Waals surface area contributed by atoms with Gasteiger partial charge in [-0.3, -0.25) is 4.79 Å². The average molecular weight is 387 g/mol. The van der Waals surface area contributed by atoms with Crippen LogP contribution >= 0.6 is 12.4 Å². The molecule has 0 radical (unpaired) electrons. The van der Waals surface area contributed by atoms with Crippen molar-refractivity contribution in [3.63, 3.8) is 0 Å².